The lowest BCUT2D eigenvalue weighted by Crippen LogP contribution is -2.49. The van der Waals surface area contributed by atoms with Gasteiger partial charge in [-0.05, 0) is 18.6 Å². The second kappa shape index (κ2) is 8.79. The predicted molar refractivity (Wildman–Crippen MR) is 109 cm³/mol. The summed E-state index contributed by atoms with van der Waals surface area (Å²) < 4.78 is 10.7. The van der Waals surface area contributed by atoms with Crippen molar-refractivity contribution in [3.63, 3.8) is 0 Å². The molecule has 2 aliphatic heterocycles. The zero-order chi connectivity index (χ0) is 19.4. The van der Waals surface area contributed by atoms with Crippen molar-refractivity contribution in [1.82, 2.24) is 10.6 Å². The molecule has 2 heterocycles. The molecule has 1 fully saturated rings. The molecule has 9 heteroatoms. The molecular formula is C18H23N3O4S2. The summed E-state index contributed by atoms with van der Waals surface area (Å²) in [7, 11) is 6.27. The molecule has 2 N–H and O–H groups in total. The highest BCUT2D eigenvalue weighted by Crippen LogP contribution is 2.50. The predicted octanol–water partition coefficient (Wildman–Crippen LogP) is 3.12. The van der Waals surface area contributed by atoms with Crippen molar-refractivity contribution in [2.75, 3.05) is 25.7 Å². The van der Waals surface area contributed by atoms with Crippen LogP contribution in [0, 0.1) is 0 Å². The van der Waals surface area contributed by atoms with E-state index >= 15 is 0 Å². The van der Waals surface area contributed by atoms with E-state index in [0.29, 0.717) is 23.7 Å². The molecule has 0 aliphatic carbocycles. The molecule has 2 atom stereocenters. The maximum absolute atomic E-state index is 13.1. The van der Waals surface area contributed by atoms with Crippen LogP contribution in [-0.4, -0.2) is 44.0 Å². The van der Waals surface area contributed by atoms with E-state index in [1.807, 2.05) is 5.41 Å². The van der Waals surface area contributed by atoms with Gasteiger partial charge in [-0.2, -0.15) is 0 Å². The van der Waals surface area contributed by atoms with Crippen molar-refractivity contribution in [2.24, 2.45) is 0 Å². The molecule has 0 aromatic heterocycles. The smallest absolute Gasteiger partial charge is 0.315 e. The van der Waals surface area contributed by atoms with E-state index < -0.39 is 6.04 Å². The van der Waals surface area contributed by atoms with Gasteiger partial charge in [-0.25, -0.2) is 4.79 Å². The summed E-state index contributed by atoms with van der Waals surface area (Å²) in [6, 6.07) is 4.39. The third-order valence-electron chi connectivity index (χ3n) is 4.40. The Hall–Kier alpha value is -2.00. The molecule has 7 nitrogen and oxygen atoms in total. The van der Waals surface area contributed by atoms with Gasteiger partial charge < -0.3 is 20.1 Å². The fourth-order valence-corrected chi connectivity index (χ4v) is 5.62. The van der Waals surface area contributed by atoms with Crippen LogP contribution in [0.1, 0.15) is 19.8 Å². The molecule has 2 unspecified atom stereocenters. The zero-order valence-corrected chi connectivity index (χ0v) is 17.1. The van der Waals surface area contributed by atoms with Gasteiger partial charge in [-0.1, -0.05) is 34.9 Å². The molecule has 1 aromatic rings. The Bertz CT molecular complexity index is 756. The Balaban J connectivity index is 1.83. The van der Waals surface area contributed by atoms with Crippen LogP contribution < -0.4 is 25.0 Å². The number of hydrogen-bond acceptors (Lipinski definition) is 6. The lowest BCUT2D eigenvalue weighted by Gasteiger charge is -2.21. The standard InChI is InChI=1S/C18H23N3O4S2/c1-4-5-8-19-18(23)20-15-16-13(10-26-27-16)21(17(15)22)12-7-6-11(24-2)9-14(12)25-3/h6-7,9-10,15-16H,4-5,8H2,1-3H3,(H2,19,20,23). The van der Waals surface area contributed by atoms with Gasteiger partial charge >= 0.3 is 6.03 Å². The maximum atomic E-state index is 13.1. The minimum atomic E-state index is -0.621. The number of fused-ring (bicyclic) bond motifs is 1. The zero-order valence-electron chi connectivity index (χ0n) is 15.5. The number of rotatable bonds is 7. The number of nitrogens with zero attached hydrogens (tertiary/aromatic N) is 1. The number of urea groups is 1. The van der Waals surface area contributed by atoms with Gasteiger partial charge in [0.2, 0.25) is 0 Å². The number of ether oxygens (including phenoxy) is 2. The maximum Gasteiger partial charge on any atom is 0.315 e. The second-order valence-electron chi connectivity index (χ2n) is 6.10. The SMILES string of the molecule is CCCCNC(=O)NC1C(=O)N(c2ccc(OC)cc2OC)C2=CSSC21. The van der Waals surface area contributed by atoms with Crippen LogP contribution in [0.4, 0.5) is 10.5 Å². The van der Waals surface area contributed by atoms with Crippen LogP contribution in [0.15, 0.2) is 29.3 Å². The van der Waals surface area contributed by atoms with Crippen LogP contribution in [0.2, 0.25) is 0 Å². The van der Waals surface area contributed by atoms with Gasteiger partial charge in [0, 0.05) is 23.7 Å². The topological polar surface area (TPSA) is 79.9 Å². The first kappa shape index (κ1) is 19.8. The number of amides is 3. The highest BCUT2D eigenvalue weighted by Gasteiger charge is 2.49. The van der Waals surface area contributed by atoms with Crippen molar-refractivity contribution in [3.8, 4) is 11.5 Å². The van der Waals surface area contributed by atoms with E-state index in [9.17, 15) is 9.59 Å². The fourth-order valence-electron chi connectivity index (χ4n) is 2.99. The van der Waals surface area contributed by atoms with Crippen LogP contribution in [-0.2, 0) is 4.79 Å². The normalized spacial score (nSPS) is 20.9. The van der Waals surface area contributed by atoms with Crippen LogP contribution >= 0.6 is 21.6 Å². The van der Waals surface area contributed by atoms with Crippen molar-refractivity contribution in [2.45, 2.75) is 31.1 Å². The summed E-state index contributed by atoms with van der Waals surface area (Å²) >= 11 is 0. The molecule has 0 saturated carbocycles. The van der Waals surface area contributed by atoms with Crippen molar-refractivity contribution >= 4 is 39.2 Å². The fraction of sp³-hybridized carbons (Fsp3) is 0.444. The number of hydrogen-bond donors (Lipinski definition) is 2. The quantitative estimate of drug-likeness (QED) is 0.532. The van der Waals surface area contributed by atoms with Crippen LogP contribution in [0.5, 0.6) is 11.5 Å². The lowest BCUT2D eigenvalue weighted by molar-refractivity contribution is -0.118. The Morgan fingerprint density at radius 1 is 1.30 bits per heavy atom. The number of benzene rings is 1. The molecule has 1 saturated heterocycles. The lowest BCUT2D eigenvalue weighted by atomic mass is 10.2. The molecule has 3 amide bonds. The van der Waals surface area contributed by atoms with Crippen molar-refractivity contribution in [1.29, 1.82) is 0 Å². The molecule has 146 valence electrons. The van der Waals surface area contributed by atoms with E-state index in [0.717, 1.165) is 18.5 Å². The number of methoxy groups -OCH3 is 2. The first-order valence-corrected chi connectivity index (χ1v) is 11.0. The first-order valence-electron chi connectivity index (χ1n) is 8.73. The highest BCUT2D eigenvalue weighted by atomic mass is 33.1. The van der Waals surface area contributed by atoms with E-state index in [2.05, 4.69) is 17.6 Å². The number of carbonyl (C=O) groups excluding carboxylic acids is 2. The molecule has 3 rings (SSSR count). The molecular weight excluding hydrogens is 386 g/mol. The van der Waals surface area contributed by atoms with E-state index in [4.69, 9.17) is 9.47 Å². The van der Waals surface area contributed by atoms with E-state index in [1.165, 1.54) is 0 Å². The Kier molecular flexibility index (Phi) is 6.43. The highest BCUT2D eigenvalue weighted by molar-refractivity contribution is 8.78. The van der Waals surface area contributed by atoms with Crippen LogP contribution in [0.25, 0.3) is 0 Å². The van der Waals surface area contributed by atoms with Gasteiger partial charge in [0.1, 0.15) is 17.5 Å². The number of unbranched alkanes of at least 4 members (excludes halogenated alkanes) is 1. The molecule has 0 radical (unpaired) electrons. The van der Waals surface area contributed by atoms with E-state index in [1.54, 1.807) is 58.9 Å². The minimum Gasteiger partial charge on any atom is -0.497 e. The molecule has 0 spiro atoms. The number of nitrogens with one attached hydrogen (secondary N) is 2. The average Bonchev–Trinajstić information content (AvgIpc) is 3.24. The van der Waals surface area contributed by atoms with Gasteiger partial charge in [0.25, 0.3) is 5.91 Å². The van der Waals surface area contributed by atoms with Gasteiger partial charge in [-0.15, -0.1) is 0 Å². The average molecular weight is 410 g/mol. The molecule has 1 aromatic carbocycles. The van der Waals surface area contributed by atoms with Crippen LogP contribution in [0.3, 0.4) is 0 Å². The molecule has 27 heavy (non-hydrogen) atoms. The summed E-state index contributed by atoms with van der Waals surface area (Å²) in [5, 5.41) is 7.46. The first-order chi connectivity index (χ1) is 13.1. The minimum absolute atomic E-state index is 0.133. The Morgan fingerprint density at radius 2 is 2.11 bits per heavy atom. The van der Waals surface area contributed by atoms with E-state index in [-0.39, 0.29) is 17.2 Å². The monoisotopic (exact) mass is 409 g/mol. The Labute approximate surface area is 166 Å². The largest absolute Gasteiger partial charge is 0.497 e. The Morgan fingerprint density at radius 3 is 2.81 bits per heavy atom. The third-order valence-corrected chi connectivity index (χ3v) is 6.81. The molecule has 0 bridgehead atoms. The van der Waals surface area contributed by atoms with Crippen molar-refractivity contribution in [3.05, 3.63) is 29.3 Å². The third kappa shape index (κ3) is 3.98. The summed E-state index contributed by atoms with van der Waals surface area (Å²) in [4.78, 5) is 27.0. The summed E-state index contributed by atoms with van der Waals surface area (Å²) in [5.74, 6) is 1.01. The molecule has 2 aliphatic rings. The summed E-state index contributed by atoms with van der Waals surface area (Å²) in [5.41, 5.74) is 1.50. The number of anilines is 1. The second-order valence-corrected chi connectivity index (χ2v) is 8.38. The summed E-state index contributed by atoms with van der Waals surface area (Å²) in [6.07, 6.45) is 1.90. The van der Waals surface area contributed by atoms with Crippen molar-refractivity contribution < 1.29 is 19.1 Å². The van der Waals surface area contributed by atoms with Gasteiger partial charge in [0.15, 0.2) is 0 Å². The summed E-state index contributed by atoms with van der Waals surface area (Å²) in [6.45, 7) is 2.65. The van der Waals surface area contributed by atoms with Gasteiger partial charge in [0.05, 0.1) is 25.2 Å². The van der Waals surface area contributed by atoms with Gasteiger partial charge in [-0.3, -0.25) is 9.69 Å². The number of carbonyl (C=O) groups is 2.